The molecule has 0 radical (unpaired) electrons. The lowest BCUT2D eigenvalue weighted by Gasteiger charge is -2.07. The van der Waals surface area contributed by atoms with Gasteiger partial charge in [0.05, 0.1) is 0 Å². The van der Waals surface area contributed by atoms with E-state index in [1.54, 1.807) is 0 Å². The highest BCUT2D eigenvalue weighted by Gasteiger charge is 1.94. The lowest BCUT2D eigenvalue weighted by molar-refractivity contribution is -0.114. The normalized spacial score (nSPS) is 16.8. The smallest absolute Gasteiger partial charge is 0.216 e. The second kappa shape index (κ2) is 2.20. The Bertz CT molecular complexity index is 140. The standard InChI is InChI=1S/C4H5N3O/c8-4-7-2-5-1-6-3-7/h1-2,4H,3H2. The van der Waals surface area contributed by atoms with Crippen molar-refractivity contribution in [3.63, 3.8) is 0 Å². The highest BCUT2D eigenvalue weighted by Crippen LogP contribution is 1.82. The van der Waals surface area contributed by atoms with Crippen LogP contribution in [0.25, 0.3) is 0 Å². The van der Waals surface area contributed by atoms with E-state index in [4.69, 9.17) is 0 Å². The lowest BCUT2D eigenvalue weighted by atomic mass is 10.8. The van der Waals surface area contributed by atoms with Gasteiger partial charge in [0.2, 0.25) is 6.41 Å². The summed E-state index contributed by atoms with van der Waals surface area (Å²) >= 11 is 0. The second-order valence-electron chi connectivity index (χ2n) is 1.32. The zero-order chi connectivity index (χ0) is 5.82. The van der Waals surface area contributed by atoms with Gasteiger partial charge in [0.1, 0.15) is 19.3 Å². The van der Waals surface area contributed by atoms with Crippen molar-refractivity contribution in [1.82, 2.24) is 4.90 Å². The van der Waals surface area contributed by atoms with Gasteiger partial charge in [0.15, 0.2) is 0 Å². The van der Waals surface area contributed by atoms with E-state index >= 15 is 0 Å². The van der Waals surface area contributed by atoms with Crippen LogP contribution in [0.1, 0.15) is 0 Å². The first-order valence-electron chi connectivity index (χ1n) is 2.16. The van der Waals surface area contributed by atoms with Crippen LogP contribution in [-0.2, 0) is 4.79 Å². The molecule has 0 atom stereocenters. The van der Waals surface area contributed by atoms with Crippen LogP contribution in [0.5, 0.6) is 0 Å². The summed E-state index contributed by atoms with van der Waals surface area (Å²) in [5.41, 5.74) is 0. The molecule has 0 unspecified atom stereocenters. The molecule has 1 aliphatic rings. The Kier molecular flexibility index (Phi) is 1.37. The van der Waals surface area contributed by atoms with Crippen LogP contribution < -0.4 is 0 Å². The van der Waals surface area contributed by atoms with Crippen LogP contribution in [0.3, 0.4) is 0 Å². The summed E-state index contributed by atoms with van der Waals surface area (Å²) in [7, 11) is 0. The van der Waals surface area contributed by atoms with Crippen LogP contribution in [0.4, 0.5) is 0 Å². The van der Waals surface area contributed by atoms with Crippen LogP contribution in [0.15, 0.2) is 9.98 Å². The quantitative estimate of drug-likeness (QED) is 0.419. The molecule has 0 bridgehead atoms. The maximum absolute atomic E-state index is 9.92. The summed E-state index contributed by atoms with van der Waals surface area (Å²) in [6.07, 6.45) is 3.53. The monoisotopic (exact) mass is 111 g/mol. The average molecular weight is 111 g/mol. The fourth-order valence-electron chi connectivity index (χ4n) is 0.390. The molecule has 0 aromatic rings. The third-order valence-corrected chi connectivity index (χ3v) is 0.744. The molecular weight excluding hydrogens is 106 g/mol. The third kappa shape index (κ3) is 0.900. The van der Waals surface area contributed by atoms with E-state index in [0.29, 0.717) is 13.1 Å². The van der Waals surface area contributed by atoms with Crippen LogP contribution in [0.2, 0.25) is 0 Å². The van der Waals surface area contributed by atoms with Crippen molar-refractivity contribution in [3.8, 4) is 0 Å². The van der Waals surface area contributed by atoms with E-state index in [-0.39, 0.29) is 0 Å². The molecule has 0 saturated carbocycles. The molecule has 1 aliphatic heterocycles. The Morgan fingerprint density at radius 2 is 2.62 bits per heavy atom. The van der Waals surface area contributed by atoms with E-state index < -0.39 is 0 Å². The molecule has 0 aromatic heterocycles. The van der Waals surface area contributed by atoms with Crippen LogP contribution in [0, 0.1) is 0 Å². The van der Waals surface area contributed by atoms with Crippen molar-refractivity contribution >= 4 is 19.1 Å². The van der Waals surface area contributed by atoms with Crippen LogP contribution >= 0.6 is 0 Å². The summed E-state index contributed by atoms with van der Waals surface area (Å²) in [5.74, 6) is 0. The van der Waals surface area contributed by atoms with Gasteiger partial charge >= 0.3 is 0 Å². The van der Waals surface area contributed by atoms with Crippen molar-refractivity contribution < 1.29 is 4.79 Å². The van der Waals surface area contributed by atoms with Crippen LogP contribution in [-0.4, -0.2) is 30.7 Å². The van der Waals surface area contributed by atoms with Gasteiger partial charge in [0.25, 0.3) is 0 Å². The number of nitrogens with zero attached hydrogens (tertiary/aromatic N) is 3. The Morgan fingerprint density at radius 3 is 3.00 bits per heavy atom. The van der Waals surface area contributed by atoms with Gasteiger partial charge in [-0.2, -0.15) is 0 Å². The number of amides is 1. The van der Waals surface area contributed by atoms with Crippen molar-refractivity contribution in [3.05, 3.63) is 0 Å². The fraction of sp³-hybridized carbons (Fsp3) is 0.250. The molecule has 0 saturated heterocycles. The van der Waals surface area contributed by atoms with Gasteiger partial charge in [0, 0.05) is 0 Å². The molecule has 0 N–H and O–H groups in total. The molecule has 0 aromatic carbocycles. The Morgan fingerprint density at radius 1 is 1.75 bits per heavy atom. The minimum Gasteiger partial charge on any atom is -0.285 e. The van der Waals surface area contributed by atoms with E-state index in [0.717, 1.165) is 0 Å². The largest absolute Gasteiger partial charge is 0.285 e. The molecule has 1 amide bonds. The Hall–Kier alpha value is -1.19. The number of aliphatic imine (C=N–C) groups is 2. The summed E-state index contributed by atoms with van der Waals surface area (Å²) < 4.78 is 0. The van der Waals surface area contributed by atoms with Gasteiger partial charge < -0.3 is 0 Å². The lowest BCUT2D eigenvalue weighted by Crippen LogP contribution is -2.22. The molecule has 4 nitrogen and oxygen atoms in total. The maximum Gasteiger partial charge on any atom is 0.216 e. The maximum atomic E-state index is 9.92. The van der Waals surface area contributed by atoms with Crippen molar-refractivity contribution in [2.45, 2.75) is 0 Å². The number of hydrogen-bond donors (Lipinski definition) is 0. The Balaban J connectivity index is 2.51. The molecule has 1 heterocycles. The van der Waals surface area contributed by atoms with Gasteiger partial charge in [-0.3, -0.25) is 14.7 Å². The minimum atomic E-state index is 0.396. The number of hydrogen-bond acceptors (Lipinski definition) is 3. The van der Waals surface area contributed by atoms with E-state index in [9.17, 15) is 4.79 Å². The summed E-state index contributed by atoms with van der Waals surface area (Å²) in [5, 5.41) is 0. The first kappa shape index (κ1) is 4.96. The van der Waals surface area contributed by atoms with E-state index in [1.807, 2.05) is 0 Å². The van der Waals surface area contributed by atoms with Crippen molar-refractivity contribution in [2.24, 2.45) is 9.98 Å². The number of carbonyl (C=O) groups is 1. The average Bonchev–Trinajstić information content (AvgIpc) is 1.90. The summed E-state index contributed by atoms with van der Waals surface area (Å²) in [4.78, 5) is 18.6. The predicted octanol–water partition coefficient (Wildman–Crippen LogP) is -0.528. The first-order valence-corrected chi connectivity index (χ1v) is 2.16. The minimum absolute atomic E-state index is 0.396. The van der Waals surface area contributed by atoms with Gasteiger partial charge in [-0.25, -0.2) is 4.99 Å². The number of carbonyl (C=O) groups excluding carboxylic acids is 1. The molecule has 1 rings (SSSR count). The Labute approximate surface area is 46.5 Å². The van der Waals surface area contributed by atoms with Gasteiger partial charge in [-0.05, 0) is 0 Å². The summed E-state index contributed by atoms with van der Waals surface area (Å²) in [6, 6.07) is 0. The highest BCUT2D eigenvalue weighted by molar-refractivity contribution is 5.80. The molecule has 0 fully saturated rings. The SMILES string of the molecule is O=CN1C=NC=NC1. The fourth-order valence-corrected chi connectivity index (χ4v) is 0.390. The summed E-state index contributed by atoms with van der Waals surface area (Å²) in [6.45, 7) is 0.396. The van der Waals surface area contributed by atoms with Gasteiger partial charge in [-0.15, -0.1) is 0 Å². The number of rotatable bonds is 1. The predicted molar refractivity (Wildman–Crippen MR) is 29.8 cm³/mol. The molecule has 0 aliphatic carbocycles. The molecule has 8 heavy (non-hydrogen) atoms. The van der Waals surface area contributed by atoms with E-state index in [1.165, 1.54) is 17.6 Å². The topological polar surface area (TPSA) is 45.0 Å². The molecule has 42 valence electrons. The zero-order valence-electron chi connectivity index (χ0n) is 4.19. The van der Waals surface area contributed by atoms with Crippen molar-refractivity contribution in [2.75, 3.05) is 6.67 Å². The second-order valence-corrected chi connectivity index (χ2v) is 1.32. The van der Waals surface area contributed by atoms with E-state index in [2.05, 4.69) is 9.98 Å². The first-order chi connectivity index (χ1) is 3.93. The van der Waals surface area contributed by atoms with Gasteiger partial charge in [-0.1, -0.05) is 0 Å². The third-order valence-electron chi connectivity index (χ3n) is 0.744. The van der Waals surface area contributed by atoms with Crippen molar-refractivity contribution in [1.29, 1.82) is 0 Å². The molecular formula is C4H5N3O. The highest BCUT2D eigenvalue weighted by atomic mass is 16.1. The molecule has 4 heteroatoms. The molecule has 0 spiro atoms. The zero-order valence-corrected chi connectivity index (χ0v) is 4.19.